The molecule has 6 heteroatoms. The number of rotatable bonds is 6. The Morgan fingerprint density at radius 2 is 2.11 bits per heavy atom. The predicted octanol–water partition coefficient (Wildman–Crippen LogP) is 4.26. The summed E-state index contributed by atoms with van der Waals surface area (Å²) in [4.78, 5) is 7.01. The third-order valence-corrected chi connectivity index (χ3v) is 6.99. The number of benzene rings is 1. The molecule has 2 N–H and O–H groups in total. The molecule has 0 spiro atoms. The lowest BCUT2D eigenvalue weighted by Crippen LogP contribution is -2.49. The molecular weight excluding hydrogens is 388 g/mol. The summed E-state index contributed by atoms with van der Waals surface area (Å²) in [5, 5.41) is 12.4. The van der Waals surface area contributed by atoms with Crippen LogP contribution in [-0.4, -0.2) is 43.6 Å². The molecule has 4 nitrogen and oxygen atoms in total. The van der Waals surface area contributed by atoms with Crippen molar-refractivity contribution in [3.8, 4) is 0 Å². The van der Waals surface area contributed by atoms with Crippen molar-refractivity contribution in [3.63, 3.8) is 0 Å². The number of aliphatic imine (C=N–C) groups is 1. The molecule has 2 heterocycles. The molecule has 1 saturated carbocycles. The fourth-order valence-corrected chi connectivity index (χ4v) is 4.90. The highest BCUT2D eigenvalue weighted by Gasteiger charge is 2.44. The number of hydrogen-bond donors (Lipinski definition) is 2. The van der Waals surface area contributed by atoms with Crippen molar-refractivity contribution in [2.75, 3.05) is 26.7 Å². The fraction of sp³-hybridized carbons (Fsp3) is 0.500. The van der Waals surface area contributed by atoms with Crippen LogP contribution in [0.5, 0.6) is 0 Å². The van der Waals surface area contributed by atoms with E-state index in [0.717, 1.165) is 50.0 Å². The number of piperidine rings is 1. The van der Waals surface area contributed by atoms with Crippen LogP contribution >= 0.6 is 22.9 Å². The van der Waals surface area contributed by atoms with Gasteiger partial charge in [0.25, 0.3) is 0 Å². The first-order chi connectivity index (χ1) is 13.7. The van der Waals surface area contributed by atoms with Crippen molar-refractivity contribution in [2.24, 2.45) is 4.99 Å². The second kappa shape index (κ2) is 8.85. The van der Waals surface area contributed by atoms with E-state index in [1.54, 1.807) is 11.3 Å². The van der Waals surface area contributed by atoms with Gasteiger partial charge in [0.15, 0.2) is 5.96 Å². The average Bonchev–Trinajstić information content (AvgIpc) is 3.34. The summed E-state index contributed by atoms with van der Waals surface area (Å²) in [6.45, 7) is 4.25. The summed E-state index contributed by atoms with van der Waals surface area (Å²) in [5.74, 6) is 0.921. The van der Waals surface area contributed by atoms with Gasteiger partial charge in [-0.2, -0.15) is 11.3 Å². The largest absolute Gasteiger partial charge is 0.356 e. The van der Waals surface area contributed by atoms with Gasteiger partial charge in [0.2, 0.25) is 0 Å². The van der Waals surface area contributed by atoms with E-state index in [2.05, 4.69) is 55.6 Å². The van der Waals surface area contributed by atoms with Gasteiger partial charge in [-0.1, -0.05) is 23.7 Å². The van der Waals surface area contributed by atoms with Crippen LogP contribution < -0.4 is 10.6 Å². The Labute approximate surface area is 177 Å². The minimum atomic E-state index is 0.215. The molecule has 1 saturated heterocycles. The van der Waals surface area contributed by atoms with E-state index in [-0.39, 0.29) is 5.41 Å². The lowest BCUT2D eigenvalue weighted by molar-refractivity contribution is 0.198. The Bertz CT molecular complexity index is 793. The molecule has 0 bridgehead atoms. The number of guanidine groups is 1. The normalized spacial score (nSPS) is 20.1. The van der Waals surface area contributed by atoms with Gasteiger partial charge in [-0.25, -0.2) is 0 Å². The molecule has 0 amide bonds. The molecular formula is C22H29ClN4S. The van der Waals surface area contributed by atoms with Gasteiger partial charge >= 0.3 is 0 Å². The minimum absolute atomic E-state index is 0.215. The van der Waals surface area contributed by atoms with Gasteiger partial charge < -0.3 is 10.6 Å². The van der Waals surface area contributed by atoms with E-state index < -0.39 is 0 Å². The zero-order valence-corrected chi connectivity index (χ0v) is 18.0. The Hall–Kier alpha value is -1.56. The first kappa shape index (κ1) is 19.7. The number of nitrogens with one attached hydrogen (secondary N) is 2. The molecule has 2 aliphatic rings. The van der Waals surface area contributed by atoms with Crippen LogP contribution in [0, 0.1) is 0 Å². The number of likely N-dealkylation sites (tertiary alicyclic amines) is 1. The lowest BCUT2D eigenvalue weighted by Gasteiger charge is -2.33. The maximum absolute atomic E-state index is 6.19. The zero-order chi connectivity index (χ0) is 19.4. The maximum atomic E-state index is 6.19. The van der Waals surface area contributed by atoms with Crippen molar-refractivity contribution >= 4 is 28.9 Å². The van der Waals surface area contributed by atoms with E-state index >= 15 is 0 Å². The van der Waals surface area contributed by atoms with Gasteiger partial charge in [0.1, 0.15) is 0 Å². The maximum Gasteiger partial charge on any atom is 0.191 e. The first-order valence-electron chi connectivity index (χ1n) is 10.1. The van der Waals surface area contributed by atoms with E-state index in [1.807, 2.05) is 13.1 Å². The van der Waals surface area contributed by atoms with Crippen LogP contribution in [0.3, 0.4) is 0 Å². The Balaban J connectivity index is 1.24. The quantitative estimate of drug-likeness (QED) is 0.545. The van der Waals surface area contributed by atoms with E-state index in [1.165, 1.54) is 24.0 Å². The van der Waals surface area contributed by atoms with E-state index in [9.17, 15) is 0 Å². The monoisotopic (exact) mass is 416 g/mol. The van der Waals surface area contributed by atoms with Gasteiger partial charge in [0.05, 0.1) is 0 Å². The standard InChI is InChI=1S/C22H29ClN4S/c1-24-21(25-16-22(8-9-22)18-3-2-4-19(23)13-18)26-20-5-10-27(11-6-20)14-17-7-12-28-15-17/h2-4,7,12-13,15,20H,5-6,8-11,14,16H2,1H3,(H2,24,25,26). The number of thiophene rings is 1. The number of halogens is 1. The highest BCUT2D eigenvalue weighted by molar-refractivity contribution is 7.07. The molecule has 2 fully saturated rings. The molecule has 4 rings (SSSR count). The smallest absolute Gasteiger partial charge is 0.191 e. The molecule has 28 heavy (non-hydrogen) atoms. The Morgan fingerprint density at radius 1 is 1.29 bits per heavy atom. The number of hydrogen-bond acceptors (Lipinski definition) is 3. The van der Waals surface area contributed by atoms with Crippen molar-refractivity contribution in [3.05, 3.63) is 57.2 Å². The molecule has 150 valence electrons. The molecule has 2 aromatic rings. The zero-order valence-electron chi connectivity index (χ0n) is 16.5. The Morgan fingerprint density at radius 3 is 2.75 bits per heavy atom. The summed E-state index contributed by atoms with van der Waals surface area (Å²) < 4.78 is 0. The van der Waals surface area contributed by atoms with Crippen LogP contribution in [0.15, 0.2) is 46.1 Å². The van der Waals surface area contributed by atoms with Gasteiger partial charge in [-0.3, -0.25) is 9.89 Å². The average molecular weight is 417 g/mol. The SMILES string of the molecule is CN=C(NCC1(c2cccc(Cl)c2)CC1)NC1CCN(Cc2ccsc2)CC1. The van der Waals surface area contributed by atoms with Crippen LogP contribution in [0.2, 0.25) is 5.02 Å². The summed E-state index contributed by atoms with van der Waals surface area (Å²) in [6.07, 6.45) is 4.73. The summed E-state index contributed by atoms with van der Waals surface area (Å²) in [7, 11) is 1.86. The third kappa shape index (κ3) is 4.88. The molecule has 1 aliphatic carbocycles. The molecule has 1 aliphatic heterocycles. The van der Waals surface area contributed by atoms with Crippen LogP contribution in [0.25, 0.3) is 0 Å². The second-order valence-corrected chi connectivity index (χ2v) is 9.26. The van der Waals surface area contributed by atoms with E-state index in [4.69, 9.17) is 11.6 Å². The predicted molar refractivity (Wildman–Crippen MR) is 119 cm³/mol. The summed E-state index contributed by atoms with van der Waals surface area (Å²) in [6, 6.07) is 11.0. The molecule has 0 radical (unpaired) electrons. The highest BCUT2D eigenvalue weighted by Crippen LogP contribution is 2.48. The van der Waals surface area contributed by atoms with Crippen molar-refractivity contribution in [2.45, 2.75) is 43.7 Å². The van der Waals surface area contributed by atoms with Crippen molar-refractivity contribution in [1.29, 1.82) is 0 Å². The van der Waals surface area contributed by atoms with Gasteiger partial charge in [-0.15, -0.1) is 0 Å². The molecule has 0 unspecified atom stereocenters. The first-order valence-corrected chi connectivity index (χ1v) is 11.5. The summed E-state index contributed by atoms with van der Waals surface area (Å²) in [5.41, 5.74) is 2.99. The third-order valence-electron chi connectivity index (χ3n) is 6.02. The van der Waals surface area contributed by atoms with Crippen LogP contribution in [0.4, 0.5) is 0 Å². The topological polar surface area (TPSA) is 39.7 Å². The highest BCUT2D eigenvalue weighted by atomic mass is 35.5. The van der Waals surface area contributed by atoms with Crippen LogP contribution in [-0.2, 0) is 12.0 Å². The lowest BCUT2D eigenvalue weighted by atomic mass is 9.96. The van der Waals surface area contributed by atoms with Crippen LogP contribution in [0.1, 0.15) is 36.8 Å². The molecule has 1 aromatic carbocycles. The van der Waals surface area contributed by atoms with Gasteiger partial charge in [0, 0.05) is 49.7 Å². The Kier molecular flexibility index (Phi) is 6.24. The number of nitrogens with zero attached hydrogens (tertiary/aromatic N) is 2. The second-order valence-electron chi connectivity index (χ2n) is 8.04. The van der Waals surface area contributed by atoms with Crippen molar-refractivity contribution in [1.82, 2.24) is 15.5 Å². The van der Waals surface area contributed by atoms with Gasteiger partial charge in [-0.05, 0) is 65.8 Å². The molecule has 0 atom stereocenters. The molecule has 1 aromatic heterocycles. The van der Waals surface area contributed by atoms with Crippen molar-refractivity contribution < 1.29 is 0 Å². The summed E-state index contributed by atoms with van der Waals surface area (Å²) >= 11 is 7.98. The fourth-order valence-electron chi connectivity index (χ4n) is 4.05. The van der Waals surface area contributed by atoms with E-state index in [0.29, 0.717) is 6.04 Å². The minimum Gasteiger partial charge on any atom is -0.356 e.